The molecule has 0 spiro atoms. The molecule has 1 aromatic heterocycles. The maximum atomic E-state index is 10.6. The van der Waals surface area contributed by atoms with Crippen molar-refractivity contribution < 1.29 is 14.3 Å². The Morgan fingerprint density at radius 1 is 1.56 bits per heavy atom. The average molecular weight is 259 g/mol. The maximum absolute atomic E-state index is 10.6. The van der Waals surface area contributed by atoms with Crippen LogP contribution in [0.4, 0.5) is 5.88 Å². The number of rotatable bonds is 4. The molecule has 2 heterocycles. The van der Waals surface area contributed by atoms with Gasteiger partial charge in [-0.25, -0.2) is 4.79 Å². The fourth-order valence-electron chi connectivity index (χ4n) is 1.42. The van der Waals surface area contributed by atoms with Gasteiger partial charge in [-0.15, -0.1) is 0 Å². The Morgan fingerprint density at radius 3 is 3.06 bits per heavy atom. The number of nitrogens with one attached hydrogen (secondary N) is 1. The first-order valence-corrected chi connectivity index (χ1v) is 7.22. The van der Waals surface area contributed by atoms with Crippen LogP contribution in [-0.4, -0.2) is 40.1 Å². The third-order valence-corrected chi connectivity index (χ3v) is 5.05. The molecule has 0 saturated carbocycles. The average Bonchev–Trinajstić information content (AvgIpc) is 2.76. The zero-order valence-electron chi connectivity index (χ0n) is 8.64. The first-order chi connectivity index (χ1) is 7.75. The Hall–Kier alpha value is -0.750. The summed E-state index contributed by atoms with van der Waals surface area (Å²) in [6.45, 7) is 0.824. The molecule has 16 heavy (non-hydrogen) atoms. The van der Waals surface area contributed by atoms with Crippen LogP contribution in [0.15, 0.2) is 16.5 Å². The van der Waals surface area contributed by atoms with Gasteiger partial charge in [0.15, 0.2) is 5.88 Å². The summed E-state index contributed by atoms with van der Waals surface area (Å²) in [4.78, 5) is 10.6. The van der Waals surface area contributed by atoms with E-state index in [1.807, 2.05) is 23.5 Å². The lowest BCUT2D eigenvalue weighted by Gasteiger charge is -2.20. The maximum Gasteiger partial charge on any atom is 0.371 e. The van der Waals surface area contributed by atoms with E-state index < -0.39 is 5.97 Å². The minimum Gasteiger partial charge on any atom is -0.475 e. The van der Waals surface area contributed by atoms with E-state index >= 15 is 0 Å². The van der Waals surface area contributed by atoms with Gasteiger partial charge < -0.3 is 14.8 Å². The summed E-state index contributed by atoms with van der Waals surface area (Å²) in [7, 11) is 0. The minimum absolute atomic E-state index is 0.0202. The fourth-order valence-corrected chi connectivity index (χ4v) is 4.03. The number of carboxylic acid groups (broad SMARTS) is 1. The highest BCUT2D eigenvalue weighted by Crippen LogP contribution is 2.24. The van der Waals surface area contributed by atoms with E-state index in [1.165, 1.54) is 17.6 Å². The van der Waals surface area contributed by atoms with Crippen molar-refractivity contribution in [2.75, 3.05) is 29.1 Å². The standard InChI is InChI=1S/C10H13NO3S2/c12-10(13)8-1-2-9(14-8)11-5-7-6-15-3-4-16-7/h1-2,7,11H,3-6H2,(H,12,13). The summed E-state index contributed by atoms with van der Waals surface area (Å²) in [6, 6.07) is 3.12. The molecule has 1 aromatic rings. The van der Waals surface area contributed by atoms with E-state index in [1.54, 1.807) is 6.07 Å². The van der Waals surface area contributed by atoms with Gasteiger partial charge in [0, 0.05) is 35.1 Å². The molecule has 88 valence electrons. The molecule has 0 amide bonds. The van der Waals surface area contributed by atoms with Gasteiger partial charge in [0.05, 0.1) is 0 Å². The number of carboxylic acids is 1. The summed E-state index contributed by atoms with van der Waals surface area (Å²) in [5.41, 5.74) is 0. The molecule has 0 aromatic carbocycles. The van der Waals surface area contributed by atoms with E-state index in [4.69, 9.17) is 9.52 Å². The topological polar surface area (TPSA) is 62.5 Å². The van der Waals surface area contributed by atoms with Gasteiger partial charge in [-0.1, -0.05) is 0 Å². The van der Waals surface area contributed by atoms with Gasteiger partial charge in [-0.05, 0) is 6.07 Å². The molecule has 0 aliphatic carbocycles. The molecule has 0 radical (unpaired) electrons. The fraction of sp³-hybridized carbons (Fsp3) is 0.500. The van der Waals surface area contributed by atoms with E-state index in [9.17, 15) is 4.79 Å². The highest BCUT2D eigenvalue weighted by molar-refractivity contribution is 8.06. The van der Waals surface area contributed by atoms with Gasteiger partial charge in [-0.2, -0.15) is 23.5 Å². The highest BCUT2D eigenvalue weighted by Gasteiger charge is 2.15. The quantitative estimate of drug-likeness (QED) is 0.864. The Kier molecular flexibility index (Phi) is 4.06. The largest absolute Gasteiger partial charge is 0.475 e. The lowest BCUT2D eigenvalue weighted by atomic mass is 10.4. The zero-order chi connectivity index (χ0) is 11.4. The molecule has 6 heteroatoms. The smallest absolute Gasteiger partial charge is 0.371 e. The molecule has 1 atom stereocenters. The zero-order valence-corrected chi connectivity index (χ0v) is 10.3. The Labute approximate surface area is 102 Å². The van der Waals surface area contributed by atoms with E-state index in [-0.39, 0.29) is 5.76 Å². The second-order valence-electron chi connectivity index (χ2n) is 3.42. The van der Waals surface area contributed by atoms with Gasteiger partial charge in [0.1, 0.15) is 0 Å². The van der Waals surface area contributed by atoms with Crippen molar-refractivity contribution in [3.63, 3.8) is 0 Å². The molecular formula is C10H13NO3S2. The number of thioether (sulfide) groups is 2. The second kappa shape index (κ2) is 5.54. The van der Waals surface area contributed by atoms with Crippen LogP contribution in [0.5, 0.6) is 0 Å². The Morgan fingerprint density at radius 2 is 2.44 bits per heavy atom. The van der Waals surface area contributed by atoms with E-state index in [2.05, 4.69) is 5.32 Å². The predicted octanol–water partition coefficient (Wildman–Crippen LogP) is 2.24. The molecule has 1 aliphatic rings. The van der Waals surface area contributed by atoms with Gasteiger partial charge in [0.25, 0.3) is 0 Å². The molecule has 4 nitrogen and oxygen atoms in total. The van der Waals surface area contributed by atoms with Crippen LogP contribution in [0.3, 0.4) is 0 Å². The van der Waals surface area contributed by atoms with Crippen LogP contribution in [0.2, 0.25) is 0 Å². The lowest BCUT2D eigenvalue weighted by Crippen LogP contribution is -2.22. The van der Waals surface area contributed by atoms with Crippen LogP contribution < -0.4 is 5.32 Å². The number of carbonyl (C=O) groups is 1. The molecular weight excluding hydrogens is 246 g/mol. The number of aromatic carboxylic acids is 1. The van der Waals surface area contributed by atoms with Crippen LogP contribution in [0.1, 0.15) is 10.6 Å². The normalized spacial score (nSPS) is 20.6. The third kappa shape index (κ3) is 3.12. The van der Waals surface area contributed by atoms with Crippen molar-refractivity contribution in [3.8, 4) is 0 Å². The van der Waals surface area contributed by atoms with Crippen molar-refractivity contribution in [1.29, 1.82) is 0 Å². The number of hydrogen-bond donors (Lipinski definition) is 2. The van der Waals surface area contributed by atoms with Crippen molar-refractivity contribution >= 4 is 35.4 Å². The molecule has 2 rings (SSSR count). The van der Waals surface area contributed by atoms with Crippen molar-refractivity contribution in [2.45, 2.75) is 5.25 Å². The van der Waals surface area contributed by atoms with Crippen molar-refractivity contribution in [1.82, 2.24) is 0 Å². The second-order valence-corrected chi connectivity index (χ2v) is 5.98. The number of hydrogen-bond acceptors (Lipinski definition) is 5. The first kappa shape index (κ1) is 11.7. The molecule has 1 fully saturated rings. The monoisotopic (exact) mass is 259 g/mol. The van der Waals surface area contributed by atoms with Gasteiger partial charge in [-0.3, -0.25) is 0 Å². The van der Waals surface area contributed by atoms with Crippen LogP contribution in [0, 0.1) is 0 Å². The summed E-state index contributed by atoms with van der Waals surface area (Å²) in [6.07, 6.45) is 0. The van der Waals surface area contributed by atoms with Crippen molar-refractivity contribution in [3.05, 3.63) is 17.9 Å². The molecule has 1 unspecified atom stereocenters. The third-order valence-electron chi connectivity index (χ3n) is 2.21. The van der Waals surface area contributed by atoms with Crippen LogP contribution in [0.25, 0.3) is 0 Å². The summed E-state index contributed by atoms with van der Waals surface area (Å²) in [5.74, 6) is 3.04. The lowest BCUT2D eigenvalue weighted by molar-refractivity contribution is 0.0663. The number of furan rings is 1. The molecule has 2 N–H and O–H groups in total. The summed E-state index contributed by atoms with van der Waals surface area (Å²) < 4.78 is 5.11. The Bertz CT molecular complexity index is 361. The van der Waals surface area contributed by atoms with E-state index in [0.717, 1.165) is 12.3 Å². The number of anilines is 1. The minimum atomic E-state index is -1.03. The summed E-state index contributed by atoms with van der Waals surface area (Å²) in [5, 5.41) is 12.4. The Balaban J connectivity index is 1.81. The first-order valence-electron chi connectivity index (χ1n) is 5.02. The SMILES string of the molecule is O=C(O)c1ccc(NCC2CSCCS2)o1. The van der Waals surface area contributed by atoms with Crippen LogP contribution >= 0.6 is 23.5 Å². The van der Waals surface area contributed by atoms with E-state index in [0.29, 0.717) is 11.1 Å². The molecule has 1 saturated heterocycles. The highest BCUT2D eigenvalue weighted by atomic mass is 32.2. The van der Waals surface area contributed by atoms with Crippen molar-refractivity contribution in [2.24, 2.45) is 0 Å². The molecule has 1 aliphatic heterocycles. The van der Waals surface area contributed by atoms with Crippen LogP contribution in [-0.2, 0) is 0 Å². The van der Waals surface area contributed by atoms with Gasteiger partial charge in [0.2, 0.25) is 5.76 Å². The van der Waals surface area contributed by atoms with Gasteiger partial charge >= 0.3 is 5.97 Å². The molecule has 0 bridgehead atoms. The summed E-state index contributed by atoms with van der Waals surface area (Å²) >= 11 is 3.92. The predicted molar refractivity (Wildman–Crippen MR) is 67.7 cm³/mol.